The van der Waals surface area contributed by atoms with E-state index in [1.165, 1.54) is 0 Å². The first-order valence-electron chi connectivity index (χ1n) is 13.4. The number of carbonyl (C=O) groups is 3. The van der Waals surface area contributed by atoms with Crippen LogP contribution in [0.5, 0.6) is 0 Å². The molecule has 0 aromatic rings. The molecule has 11 heteroatoms. The van der Waals surface area contributed by atoms with Gasteiger partial charge in [0.15, 0.2) is 0 Å². The van der Waals surface area contributed by atoms with Crippen molar-refractivity contribution in [1.82, 2.24) is 34.7 Å². The van der Waals surface area contributed by atoms with Crippen molar-refractivity contribution in [2.45, 2.75) is 20.3 Å². The molecule has 1 atom stereocenters. The van der Waals surface area contributed by atoms with E-state index in [1.807, 2.05) is 0 Å². The summed E-state index contributed by atoms with van der Waals surface area (Å²) in [6, 6.07) is 0. The highest BCUT2D eigenvalue weighted by molar-refractivity contribution is 5.80. The number of rotatable bonds is 9. The number of hydrogen-bond acceptors (Lipinski definition) is 8. The lowest BCUT2D eigenvalue weighted by Crippen LogP contribution is -2.50. The van der Waals surface area contributed by atoms with Gasteiger partial charge in [0.05, 0.1) is 19.0 Å². The molecule has 1 heterocycles. The number of amides is 3. The van der Waals surface area contributed by atoms with E-state index >= 15 is 0 Å². The molecule has 0 aromatic carbocycles. The van der Waals surface area contributed by atoms with Crippen LogP contribution in [-0.2, 0) is 14.4 Å². The van der Waals surface area contributed by atoms with E-state index < -0.39 is 0 Å². The Morgan fingerprint density at radius 3 is 1.78 bits per heavy atom. The Hall–Kier alpha value is -1.79. The molecule has 36 heavy (non-hydrogen) atoms. The summed E-state index contributed by atoms with van der Waals surface area (Å²) in [4.78, 5) is 50.5. The number of carbonyl (C=O) groups excluding carboxylic acids is 3. The van der Waals surface area contributed by atoms with Gasteiger partial charge in [-0.2, -0.15) is 0 Å². The molecule has 0 aliphatic carbocycles. The lowest BCUT2D eigenvalue weighted by atomic mass is 10.1. The fourth-order valence-corrected chi connectivity index (χ4v) is 4.25. The minimum absolute atomic E-state index is 0.000846. The lowest BCUT2D eigenvalue weighted by molar-refractivity contribution is -0.132. The Balaban J connectivity index is 3.19. The summed E-state index contributed by atoms with van der Waals surface area (Å²) >= 11 is 0. The average molecular weight is 513 g/mol. The number of likely N-dealkylation sites (N-methyl/N-ethyl adjacent to an activating group) is 4. The largest absolute Gasteiger partial charge is 0.355 e. The predicted molar refractivity (Wildman–Crippen MR) is 145 cm³/mol. The molecule has 3 amide bonds. The molecule has 1 unspecified atom stereocenters. The summed E-state index contributed by atoms with van der Waals surface area (Å²) in [6.45, 7) is 13.5. The van der Waals surface area contributed by atoms with Crippen molar-refractivity contribution in [3.8, 4) is 0 Å². The van der Waals surface area contributed by atoms with Crippen LogP contribution in [-0.4, -0.2) is 167 Å². The van der Waals surface area contributed by atoms with E-state index in [4.69, 9.17) is 5.73 Å². The van der Waals surface area contributed by atoms with Crippen molar-refractivity contribution in [2.24, 2.45) is 11.7 Å². The molecule has 1 aliphatic heterocycles. The minimum atomic E-state index is -0.290. The fraction of sp³-hybridized carbons (Fsp3) is 0.880. The average Bonchev–Trinajstić information content (AvgIpc) is 2.84. The fourth-order valence-electron chi connectivity index (χ4n) is 4.25. The molecule has 0 aromatic heterocycles. The maximum Gasteiger partial charge on any atom is 0.236 e. The van der Waals surface area contributed by atoms with E-state index in [9.17, 15) is 14.4 Å². The van der Waals surface area contributed by atoms with Crippen molar-refractivity contribution in [2.75, 3.05) is 120 Å². The highest BCUT2D eigenvalue weighted by Gasteiger charge is 2.26. The highest BCUT2D eigenvalue weighted by atomic mass is 16.2. The zero-order chi connectivity index (χ0) is 27.1. The first kappa shape index (κ1) is 32.2. The SMILES string of the molecule is CCN1CCCN(CC(=O)N(C)C)CCN(CC(=O)N(C)C)CC(C(=O)NCCN)CN(CC)CC1. The van der Waals surface area contributed by atoms with Gasteiger partial charge in [0.1, 0.15) is 0 Å². The van der Waals surface area contributed by atoms with Gasteiger partial charge < -0.3 is 30.7 Å². The second kappa shape index (κ2) is 17.6. The van der Waals surface area contributed by atoms with Crippen LogP contribution in [0.15, 0.2) is 0 Å². The quantitative estimate of drug-likeness (QED) is 0.385. The van der Waals surface area contributed by atoms with Gasteiger partial charge in [-0.05, 0) is 32.6 Å². The van der Waals surface area contributed by atoms with Gasteiger partial charge in [0.2, 0.25) is 17.7 Å². The van der Waals surface area contributed by atoms with Crippen molar-refractivity contribution >= 4 is 17.7 Å². The van der Waals surface area contributed by atoms with Crippen LogP contribution in [0.1, 0.15) is 20.3 Å². The van der Waals surface area contributed by atoms with Crippen molar-refractivity contribution in [3.63, 3.8) is 0 Å². The molecular weight excluding hydrogens is 460 g/mol. The number of hydrogen-bond donors (Lipinski definition) is 2. The summed E-state index contributed by atoms with van der Waals surface area (Å²) in [6.07, 6.45) is 0.974. The Bertz CT molecular complexity index is 661. The van der Waals surface area contributed by atoms with Gasteiger partial charge in [-0.3, -0.25) is 24.2 Å². The summed E-state index contributed by atoms with van der Waals surface area (Å²) in [5, 5.41) is 2.96. The second-order valence-electron chi connectivity index (χ2n) is 10.0. The standard InChI is InChI=1S/C25H52N8O3/c1-7-30-12-9-13-32(20-23(34)28(3)4)16-17-33(21-24(35)29(5)6)19-22(25(36)27-11-10-26)18-31(8-2)15-14-30/h22H,7-21,26H2,1-6H3,(H,27,36). The molecule has 0 saturated carbocycles. The van der Waals surface area contributed by atoms with Crippen LogP contribution in [0.25, 0.3) is 0 Å². The molecule has 1 rings (SSSR count). The molecule has 0 bridgehead atoms. The molecule has 1 fully saturated rings. The summed E-state index contributed by atoms with van der Waals surface area (Å²) in [7, 11) is 7.05. The molecule has 0 radical (unpaired) electrons. The Morgan fingerprint density at radius 2 is 1.22 bits per heavy atom. The van der Waals surface area contributed by atoms with Gasteiger partial charge in [-0.15, -0.1) is 0 Å². The molecule has 11 nitrogen and oxygen atoms in total. The van der Waals surface area contributed by atoms with Crippen LogP contribution in [0, 0.1) is 5.92 Å². The Morgan fingerprint density at radius 1 is 0.750 bits per heavy atom. The van der Waals surface area contributed by atoms with Gasteiger partial charge >= 0.3 is 0 Å². The van der Waals surface area contributed by atoms with E-state index in [2.05, 4.69) is 38.8 Å². The van der Waals surface area contributed by atoms with Crippen LogP contribution in [0.3, 0.4) is 0 Å². The van der Waals surface area contributed by atoms with E-state index in [1.54, 1.807) is 38.0 Å². The van der Waals surface area contributed by atoms with Crippen molar-refractivity contribution in [3.05, 3.63) is 0 Å². The highest BCUT2D eigenvalue weighted by Crippen LogP contribution is 2.09. The summed E-state index contributed by atoms with van der Waals surface area (Å²) < 4.78 is 0. The normalized spacial score (nSPS) is 20.5. The van der Waals surface area contributed by atoms with E-state index in [0.717, 1.165) is 45.7 Å². The van der Waals surface area contributed by atoms with E-state index in [0.29, 0.717) is 45.8 Å². The lowest BCUT2D eigenvalue weighted by Gasteiger charge is -2.34. The minimum Gasteiger partial charge on any atom is -0.355 e. The number of nitrogens with zero attached hydrogens (tertiary/aromatic N) is 6. The van der Waals surface area contributed by atoms with Crippen molar-refractivity contribution < 1.29 is 14.4 Å². The summed E-state index contributed by atoms with van der Waals surface area (Å²) in [5.74, 6) is -0.252. The smallest absolute Gasteiger partial charge is 0.236 e. The Kier molecular flexibility index (Phi) is 15.8. The van der Waals surface area contributed by atoms with E-state index in [-0.39, 0.29) is 30.2 Å². The van der Waals surface area contributed by atoms with Gasteiger partial charge in [-0.25, -0.2) is 0 Å². The van der Waals surface area contributed by atoms with Crippen molar-refractivity contribution in [1.29, 1.82) is 0 Å². The van der Waals surface area contributed by atoms with Crippen LogP contribution >= 0.6 is 0 Å². The van der Waals surface area contributed by atoms with Crippen LogP contribution < -0.4 is 11.1 Å². The maximum absolute atomic E-state index is 13.1. The monoisotopic (exact) mass is 512 g/mol. The zero-order valence-corrected chi connectivity index (χ0v) is 23.7. The topological polar surface area (TPSA) is 109 Å². The maximum atomic E-state index is 13.1. The molecule has 1 saturated heterocycles. The number of nitrogens with one attached hydrogen (secondary N) is 1. The first-order chi connectivity index (χ1) is 17.1. The second-order valence-corrected chi connectivity index (χ2v) is 10.0. The van der Waals surface area contributed by atoms with Gasteiger partial charge in [0.25, 0.3) is 0 Å². The molecule has 210 valence electrons. The Labute approximate surface area is 218 Å². The molecule has 3 N–H and O–H groups in total. The molecular formula is C25H52N8O3. The number of nitrogens with two attached hydrogens (primary N) is 1. The van der Waals surface area contributed by atoms with Gasteiger partial charge in [-0.1, -0.05) is 13.8 Å². The van der Waals surface area contributed by atoms with Gasteiger partial charge in [0, 0.05) is 80.5 Å². The third-order valence-corrected chi connectivity index (χ3v) is 6.79. The summed E-state index contributed by atoms with van der Waals surface area (Å²) in [5.41, 5.74) is 5.64. The predicted octanol–water partition coefficient (Wildman–Crippen LogP) is -1.49. The molecule has 1 aliphatic rings. The third kappa shape index (κ3) is 12.4. The van der Waals surface area contributed by atoms with Crippen LogP contribution in [0.4, 0.5) is 0 Å². The third-order valence-electron chi connectivity index (χ3n) is 6.79. The van der Waals surface area contributed by atoms with Crippen LogP contribution in [0.2, 0.25) is 0 Å². The first-order valence-corrected chi connectivity index (χ1v) is 13.4. The molecule has 0 spiro atoms. The zero-order valence-electron chi connectivity index (χ0n) is 23.7.